The Hall–Kier alpha value is -3.06. The Kier molecular flexibility index (Phi) is 4.48. The van der Waals surface area contributed by atoms with E-state index in [0.29, 0.717) is 18.1 Å². The number of fused-ring (bicyclic) bond motifs is 4. The number of hydrogen-bond donors (Lipinski definition) is 0. The van der Waals surface area contributed by atoms with Crippen molar-refractivity contribution in [1.29, 1.82) is 0 Å². The quantitative estimate of drug-likeness (QED) is 0.640. The molecule has 3 heterocycles. The fraction of sp³-hybridized carbons (Fsp3) is 0.348. The number of para-hydroxylation sites is 1. The number of halogens is 1. The van der Waals surface area contributed by atoms with Gasteiger partial charge in [0.1, 0.15) is 0 Å². The van der Waals surface area contributed by atoms with Gasteiger partial charge in [0.2, 0.25) is 11.8 Å². The standard InChI is InChI=1S/C23H23ClN4O3/c1-25-20(29)23(21(30)26(2)22(25)31)13-15-8-9-16(24)12-18(15)28-11-10-27(14-19(23)28)17-6-4-3-5-7-17/h3-9,12,19H,10-11,13-14H2,1-2H3/t19-/m1/s1. The number of imide groups is 2. The number of anilines is 2. The van der Waals surface area contributed by atoms with Gasteiger partial charge in [-0.15, -0.1) is 0 Å². The first kappa shape index (κ1) is 19.9. The molecule has 0 radical (unpaired) electrons. The van der Waals surface area contributed by atoms with Gasteiger partial charge >= 0.3 is 6.03 Å². The van der Waals surface area contributed by atoms with Crippen LogP contribution in [0.2, 0.25) is 5.02 Å². The molecule has 5 rings (SSSR count). The van der Waals surface area contributed by atoms with E-state index in [1.165, 1.54) is 14.1 Å². The summed E-state index contributed by atoms with van der Waals surface area (Å²) in [6.07, 6.45) is 0.239. The second-order valence-electron chi connectivity index (χ2n) is 8.42. The average Bonchev–Trinajstić information content (AvgIpc) is 2.80. The largest absolute Gasteiger partial charge is 0.368 e. The van der Waals surface area contributed by atoms with Gasteiger partial charge < -0.3 is 9.80 Å². The van der Waals surface area contributed by atoms with Crippen LogP contribution in [0.25, 0.3) is 0 Å². The van der Waals surface area contributed by atoms with Crippen molar-refractivity contribution in [3.63, 3.8) is 0 Å². The zero-order valence-corrected chi connectivity index (χ0v) is 18.2. The average molecular weight is 439 g/mol. The second-order valence-corrected chi connectivity index (χ2v) is 8.86. The zero-order valence-electron chi connectivity index (χ0n) is 17.4. The van der Waals surface area contributed by atoms with Gasteiger partial charge in [0.25, 0.3) is 0 Å². The Morgan fingerprint density at radius 2 is 1.61 bits per heavy atom. The van der Waals surface area contributed by atoms with Crippen molar-refractivity contribution in [1.82, 2.24) is 9.80 Å². The highest BCUT2D eigenvalue weighted by Crippen LogP contribution is 2.47. The molecular formula is C23H23ClN4O3. The third-order valence-corrected chi connectivity index (χ3v) is 7.08. The predicted octanol–water partition coefficient (Wildman–Crippen LogP) is 2.63. The van der Waals surface area contributed by atoms with Crippen LogP contribution in [0.1, 0.15) is 5.56 Å². The summed E-state index contributed by atoms with van der Waals surface area (Å²) in [6.45, 7) is 1.87. The number of amides is 4. The van der Waals surface area contributed by atoms with E-state index in [4.69, 9.17) is 11.6 Å². The number of piperazine rings is 1. The zero-order chi connectivity index (χ0) is 21.9. The van der Waals surface area contributed by atoms with Crippen LogP contribution in [0.15, 0.2) is 48.5 Å². The number of hydrogen-bond acceptors (Lipinski definition) is 5. The van der Waals surface area contributed by atoms with Crippen molar-refractivity contribution in [2.75, 3.05) is 43.5 Å². The Morgan fingerprint density at radius 1 is 0.935 bits per heavy atom. The topological polar surface area (TPSA) is 64.2 Å². The van der Waals surface area contributed by atoms with Crippen molar-refractivity contribution in [3.8, 4) is 0 Å². The van der Waals surface area contributed by atoms with Gasteiger partial charge in [-0.3, -0.25) is 19.4 Å². The van der Waals surface area contributed by atoms with Gasteiger partial charge in [0, 0.05) is 50.1 Å². The van der Waals surface area contributed by atoms with Crippen LogP contribution in [0.3, 0.4) is 0 Å². The summed E-state index contributed by atoms with van der Waals surface area (Å²) < 4.78 is 0. The van der Waals surface area contributed by atoms with Gasteiger partial charge in [-0.1, -0.05) is 35.9 Å². The van der Waals surface area contributed by atoms with Crippen molar-refractivity contribution >= 4 is 40.8 Å². The molecular weight excluding hydrogens is 416 g/mol. The summed E-state index contributed by atoms with van der Waals surface area (Å²) in [6, 6.07) is 14.5. The summed E-state index contributed by atoms with van der Waals surface area (Å²) in [4.78, 5) is 46.2. The molecule has 0 bridgehead atoms. The summed E-state index contributed by atoms with van der Waals surface area (Å²) >= 11 is 6.30. The lowest BCUT2D eigenvalue weighted by atomic mass is 9.67. The molecule has 3 aliphatic rings. The third-order valence-electron chi connectivity index (χ3n) is 6.84. The van der Waals surface area contributed by atoms with Crippen LogP contribution in [0.4, 0.5) is 16.2 Å². The maximum absolute atomic E-state index is 13.6. The first-order valence-electron chi connectivity index (χ1n) is 10.3. The molecule has 1 spiro atoms. The van der Waals surface area contributed by atoms with Crippen molar-refractivity contribution in [3.05, 3.63) is 59.1 Å². The van der Waals surface area contributed by atoms with Gasteiger partial charge in [-0.05, 0) is 36.2 Å². The van der Waals surface area contributed by atoms with Gasteiger partial charge in [-0.2, -0.15) is 0 Å². The van der Waals surface area contributed by atoms with E-state index >= 15 is 0 Å². The molecule has 4 amide bonds. The van der Waals surface area contributed by atoms with Crippen LogP contribution in [-0.4, -0.2) is 67.4 Å². The molecule has 2 saturated heterocycles. The number of rotatable bonds is 1. The Balaban J connectivity index is 1.66. The third kappa shape index (κ3) is 2.76. The van der Waals surface area contributed by atoms with E-state index in [1.54, 1.807) is 6.07 Å². The fourth-order valence-electron chi connectivity index (χ4n) is 5.26. The number of carbonyl (C=O) groups is 3. The fourth-order valence-corrected chi connectivity index (χ4v) is 5.43. The first-order chi connectivity index (χ1) is 14.8. The monoisotopic (exact) mass is 438 g/mol. The molecule has 0 saturated carbocycles. The Bertz CT molecular complexity index is 1070. The van der Waals surface area contributed by atoms with Crippen LogP contribution < -0.4 is 9.80 Å². The molecule has 0 N–H and O–H groups in total. The van der Waals surface area contributed by atoms with E-state index in [-0.39, 0.29) is 6.42 Å². The summed E-state index contributed by atoms with van der Waals surface area (Å²) in [5, 5.41) is 0.615. The first-order valence-corrected chi connectivity index (χ1v) is 10.7. The van der Waals surface area contributed by atoms with Crippen molar-refractivity contribution in [2.24, 2.45) is 5.41 Å². The maximum Gasteiger partial charge on any atom is 0.332 e. The highest BCUT2D eigenvalue weighted by Gasteiger charge is 2.63. The lowest BCUT2D eigenvalue weighted by Crippen LogP contribution is -2.74. The molecule has 160 valence electrons. The molecule has 2 aromatic rings. The predicted molar refractivity (Wildman–Crippen MR) is 118 cm³/mol. The minimum absolute atomic E-state index is 0.239. The number of benzene rings is 2. The summed E-state index contributed by atoms with van der Waals surface area (Å²) in [5.74, 6) is -0.878. The van der Waals surface area contributed by atoms with Crippen molar-refractivity contribution in [2.45, 2.75) is 12.5 Å². The molecule has 31 heavy (non-hydrogen) atoms. The molecule has 7 nitrogen and oxygen atoms in total. The minimum Gasteiger partial charge on any atom is -0.368 e. The Morgan fingerprint density at radius 3 is 2.29 bits per heavy atom. The molecule has 8 heteroatoms. The lowest BCUT2D eigenvalue weighted by molar-refractivity contribution is -0.159. The highest BCUT2D eigenvalue weighted by molar-refractivity contribution is 6.31. The molecule has 2 aromatic carbocycles. The van der Waals surface area contributed by atoms with Gasteiger partial charge in [0.15, 0.2) is 5.41 Å². The normalized spacial score (nSPS) is 22.7. The van der Waals surface area contributed by atoms with E-state index < -0.39 is 29.3 Å². The number of carbonyl (C=O) groups excluding carboxylic acids is 3. The number of barbiturate groups is 1. The SMILES string of the molecule is CN1C(=O)N(C)C(=O)C2(Cc3ccc(Cl)cc3N3CCN(c4ccccc4)C[C@@H]32)C1=O. The molecule has 0 aromatic heterocycles. The molecule has 0 unspecified atom stereocenters. The van der Waals surface area contributed by atoms with Crippen molar-refractivity contribution < 1.29 is 14.4 Å². The van der Waals surface area contributed by atoms with E-state index in [9.17, 15) is 14.4 Å². The minimum atomic E-state index is -1.37. The van der Waals surface area contributed by atoms with Crippen LogP contribution >= 0.6 is 11.6 Å². The van der Waals surface area contributed by atoms with E-state index in [2.05, 4.69) is 9.80 Å². The van der Waals surface area contributed by atoms with Crippen LogP contribution in [0.5, 0.6) is 0 Å². The summed E-state index contributed by atoms with van der Waals surface area (Å²) in [5.41, 5.74) is 1.53. The highest BCUT2D eigenvalue weighted by atomic mass is 35.5. The lowest BCUT2D eigenvalue weighted by Gasteiger charge is -2.56. The smallest absolute Gasteiger partial charge is 0.332 e. The Labute approximate surface area is 185 Å². The second kappa shape index (κ2) is 6.99. The maximum atomic E-state index is 13.6. The molecule has 0 aliphatic carbocycles. The van der Waals surface area contributed by atoms with Crippen LogP contribution in [0, 0.1) is 5.41 Å². The molecule has 1 atom stereocenters. The van der Waals surface area contributed by atoms with Gasteiger partial charge in [-0.25, -0.2) is 4.79 Å². The molecule has 2 fully saturated rings. The number of nitrogens with zero attached hydrogens (tertiary/aromatic N) is 4. The number of urea groups is 1. The van der Waals surface area contributed by atoms with E-state index in [0.717, 1.165) is 33.3 Å². The molecule has 3 aliphatic heterocycles. The van der Waals surface area contributed by atoms with Gasteiger partial charge in [0.05, 0.1) is 6.04 Å². The van der Waals surface area contributed by atoms with E-state index in [1.807, 2.05) is 42.5 Å². The summed E-state index contributed by atoms with van der Waals surface area (Å²) in [7, 11) is 2.91. The van der Waals surface area contributed by atoms with Crippen LogP contribution in [-0.2, 0) is 16.0 Å².